The van der Waals surface area contributed by atoms with Crippen LogP contribution in [0.2, 0.25) is 0 Å². The third kappa shape index (κ3) is 7.29. The molecule has 0 aromatic heterocycles. The van der Waals surface area contributed by atoms with Crippen LogP contribution in [0.25, 0.3) is 0 Å². The summed E-state index contributed by atoms with van der Waals surface area (Å²) in [6.07, 6.45) is 0.518. The Hall–Kier alpha value is -3.89. The van der Waals surface area contributed by atoms with Gasteiger partial charge in [-0.1, -0.05) is 103 Å². The number of hydrogen-bond donors (Lipinski definition) is 0. The lowest BCUT2D eigenvalue weighted by molar-refractivity contribution is -0.152. The van der Waals surface area contributed by atoms with Gasteiger partial charge in [0.1, 0.15) is 18.4 Å². The predicted octanol–water partition coefficient (Wildman–Crippen LogP) is 6.05. The Morgan fingerprint density at radius 2 is 1.20 bits per heavy atom. The van der Waals surface area contributed by atoms with Gasteiger partial charge in [-0.3, -0.25) is 9.69 Å². The minimum atomic E-state index is -0.466. The molecule has 0 N–H and O–H groups in total. The molecule has 4 aromatic carbocycles. The molecule has 1 unspecified atom stereocenters. The Morgan fingerprint density at radius 1 is 0.686 bits per heavy atom. The maximum atomic E-state index is 13.6. The fourth-order valence-corrected chi connectivity index (χ4v) is 4.12. The van der Waals surface area contributed by atoms with Gasteiger partial charge in [-0.05, 0) is 40.8 Å². The number of nitrogens with zero attached hydrogens (tertiary/aromatic N) is 1. The zero-order valence-electron chi connectivity index (χ0n) is 20.0. The summed E-state index contributed by atoms with van der Waals surface area (Å²) in [5.74, 6) is 0.542. The molecule has 0 heterocycles. The van der Waals surface area contributed by atoms with Crippen LogP contribution in [0.4, 0.5) is 0 Å². The Morgan fingerprint density at radius 3 is 1.74 bits per heavy atom. The van der Waals surface area contributed by atoms with Crippen molar-refractivity contribution in [2.45, 2.75) is 32.2 Å². The van der Waals surface area contributed by atoms with Crippen molar-refractivity contribution < 1.29 is 14.3 Å². The van der Waals surface area contributed by atoms with Crippen LogP contribution in [0.15, 0.2) is 115 Å². The molecular weight excluding hydrogens is 434 g/mol. The number of rotatable bonds is 11. The van der Waals surface area contributed by atoms with E-state index in [2.05, 4.69) is 29.2 Å². The van der Waals surface area contributed by atoms with Crippen molar-refractivity contribution in [2.75, 3.05) is 7.11 Å². The third-order valence-corrected chi connectivity index (χ3v) is 5.96. The molecule has 35 heavy (non-hydrogen) atoms. The van der Waals surface area contributed by atoms with Crippen molar-refractivity contribution in [3.63, 3.8) is 0 Å². The number of carbonyl (C=O) groups excluding carboxylic acids is 1. The molecule has 4 rings (SSSR count). The van der Waals surface area contributed by atoms with Crippen LogP contribution in [0, 0.1) is 0 Å². The van der Waals surface area contributed by atoms with Crippen molar-refractivity contribution in [1.29, 1.82) is 0 Å². The number of carbonyl (C=O) groups is 1. The van der Waals surface area contributed by atoms with Gasteiger partial charge in [0, 0.05) is 13.1 Å². The zero-order valence-corrected chi connectivity index (χ0v) is 20.0. The van der Waals surface area contributed by atoms with Crippen molar-refractivity contribution in [3.05, 3.63) is 138 Å². The number of benzene rings is 4. The van der Waals surface area contributed by atoms with E-state index in [1.165, 1.54) is 0 Å². The molecule has 0 aliphatic carbocycles. The van der Waals surface area contributed by atoms with Gasteiger partial charge in [0.25, 0.3) is 0 Å². The molecule has 0 saturated carbocycles. The monoisotopic (exact) mass is 465 g/mol. The summed E-state index contributed by atoms with van der Waals surface area (Å²) in [6, 6.07) is 37.7. The summed E-state index contributed by atoms with van der Waals surface area (Å²) in [6.45, 7) is 1.51. The Labute approximate surface area is 207 Å². The highest BCUT2D eigenvalue weighted by Gasteiger charge is 2.28. The van der Waals surface area contributed by atoms with Gasteiger partial charge in [0.2, 0.25) is 0 Å². The van der Waals surface area contributed by atoms with E-state index in [1.54, 1.807) is 7.11 Å². The molecule has 0 bridgehead atoms. The van der Waals surface area contributed by atoms with Crippen LogP contribution >= 0.6 is 0 Å². The van der Waals surface area contributed by atoms with E-state index >= 15 is 0 Å². The van der Waals surface area contributed by atoms with Crippen molar-refractivity contribution in [3.8, 4) is 5.75 Å². The molecule has 1 atom stereocenters. The molecule has 4 heteroatoms. The lowest BCUT2D eigenvalue weighted by Crippen LogP contribution is -2.43. The molecule has 0 radical (unpaired) electrons. The fraction of sp³-hybridized carbons (Fsp3) is 0.194. The summed E-state index contributed by atoms with van der Waals surface area (Å²) in [5.41, 5.74) is 4.29. The van der Waals surface area contributed by atoms with Gasteiger partial charge in [0.05, 0.1) is 7.11 Å². The second-order valence-electron chi connectivity index (χ2n) is 8.54. The Bertz CT molecular complexity index is 1140. The first-order valence-corrected chi connectivity index (χ1v) is 11.9. The third-order valence-electron chi connectivity index (χ3n) is 5.96. The lowest BCUT2D eigenvalue weighted by atomic mass is 10.0. The molecule has 178 valence electrons. The quantitative estimate of drug-likeness (QED) is 0.253. The largest absolute Gasteiger partial charge is 0.497 e. The SMILES string of the molecule is COc1cccc(CC(C(=O)OCc2ccccc2)N(Cc2ccccc2)Cc2ccccc2)c1. The van der Waals surface area contributed by atoms with Gasteiger partial charge in [-0.15, -0.1) is 0 Å². The van der Waals surface area contributed by atoms with Crippen LogP contribution in [-0.4, -0.2) is 24.0 Å². The van der Waals surface area contributed by atoms with Gasteiger partial charge < -0.3 is 9.47 Å². The first-order chi connectivity index (χ1) is 17.2. The molecule has 0 aliphatic rings. The summed E-state index contributed by atoms with van der Waals surface area (Å²) >= 11 is 0. The van der Waals surface area contributed by atoms with Crippen LogP contribution in [0.3, 0.4) is 0 Å². The second kappa shape index (κ2) is 12.5. The van der Waals surface area contributed by atoms with Crippen molar-refractivity contribution in [2.24, 2.45) is 0 Å². The molecule has 4 nitrogen and oxygen atoms in total. The minimum absolute atomic E-state index is 0.233. The van der Waals surface area contributed by atoms with Gasteiger partial charge in [-0.2, -0.15) is 0 Å². The first kappa shape index (κ1) is 24.2. The molecule has 0 aliphatic heterocycles. The first-order valence-electron chi connectivity index (χ1n) is 11.9. The smallest absolute Gasteiger partial charge is 0.324 e. The summed E-state index contributed by atoms with van der Waals surface area (Å²) in [7, 11) is 1.65. The molecule has 0 saturated heterocycles. The Balaban J connectivity index is 1.63. The topological polar surface area (TPSA) is 38.8 Å². The number of methoxy groups -OCH3 is 1. The van der Waals surface area contributed by atoms with E-state index in [9.17, 15) is 4.79 Å². The fourth-order valence-electron chi connectivity index (χ4n) is 4.12. The van der Waals surface area contributed by atoms with Crippen molar-refractivity contribution in [1.82, 2.24) is 4.90 Å². The van der Waals surface area contributed by atoms with Crippen LogP contribution in [0.5, 0.6) is 5.75 Å². The van der Waals surface area contributed by atoms with Crippen LogP contribution < -0.4 is 4.74 Å². The summed E-state index contributed by atoms with van der Waals surface area (Å²) in [5, 5.41) is 0. The molecule has 4 aromatic rings. The number of hydrogen-bond acceptors (Lipinski definition) is 4. The lowest BCUT2D eigenvalue weighted by Gasteiger charge is -2.31. The average molecular weight is 466 g/mol. The summed E-state index contributed by atoms with van der Waals surface area (Å²) < 4.78 is 11.3. The normalized spacial score (nSPS) is 11.7. The summed E-state index contributed by atoms with van der Waals surface area (Å²) in [4.78, 5) is 15.8. The van der Waals surface area contributed by atoms with Crippen LogP contribution in [-0.2, 0) is 35.6 Å². The second-order valence-corrected chi connectivity index (χ2v) is 8.54. The van der Waals surface area contributed by atoms with E-state index in [1.807, 2.05) is 91.0 Å². The highest BCUT2D eigenvalue weighted by Crippen LogP contribution is 2.21. The van der Waals surface area contributed by atoms with Crippen molar-refractivity contribution >= 4 is 5.97 Å². The van der Waals surface area contributed by atoms with E-state index < -0.39 is 6.04 Å². The molecule has 0 fully saturated rings. The van der Waals surface area contributed by atoms with Gasteiger partial charge in [-0.25, -0.2) is 0 Å². The number of ether oxygens (including phenoxy) is 2. The predicted molar refractivity (Wildman–Crippen MR) is 139 cm³/mol. The van der Waals surface area contributed by atoms with E-state index in [0.717, 1.165) is 28.0 Å². The van der Waals surface area contributed by atoms with E-state index in [0.29, 0.717) is 19.5 Å². The Kier molecular flexibility index (Phi) is 8.68. The zero-order chi connectivity index (χ0) is 24.3. The van der Waals surface area contributed by atoms with Gasteiger partial charge in [0.15, 0.2) is 0 Å². The van der Waals surface area contributed by atoms with Gasteiger partial charge >= 0.3 is 5.97 Å². The maximum absolute atomic E-state index is 13.6. The number of esters is 1. The minimum Gasteiger partial charge on any atom is -0.497 e. The van der Waals surface area contributed by atoms with E-state index in [4.69, 9.17) is 9.47 Å². The highest BCUT2D eigenvalue weighted by atomic mass is 16.5. The highest BCUT2D eigenvalue weighted by molar-refractivity contribution is 5.76. The average Bonchev–Trinajstić information content (AvgIpc) is 2.92. The standard InChI is InChI=1S/C31H31NO3/c1-34-29-19-11-18-28(20-29)21-30(31(33)35-24-27-16-9-4-10-17-27)32(22-25-12-5-2-6-13-25)23-26-14-7-3-8-15-26/h2-20,30H,21-24H2,1H3. The molecule has 0 spiro atoms. The molecular formula is C31H31NO3. The molecule has 0 amide bonds. The maximum Gasteiger partial charge on any atom is 0.324 e. The van der Waals surface area contributed by atoms with Crippen LogP contribution in [0.1, 0.15) is 22.3 Å². The van der Waals surface area contributed by atoms with E-state index in [-0.39, 0.29) is 12.6 Å².